The molecule has 0 bridgehead atoms. The normalized spacial score (nSPS) is 19.1. The SMILES string of the molecule is CC(C)(C)OC(=O)NCC1CCC(CNc2cc(Cl)ncc2C(=O)NCCF)CC1. The molecule has 1 aliphatic rings. The molecule has 0 atom stereocenters. The lowest BCUT2D eigenvalue weighted by molar-refractivity contribution is 0.0513. The molecule has 0 saturated heterocycles. The minimum absolute atomic E-state index is 0.0394. The molecule has 2 amide bonds. The second-order valence-corrected chi connectivity index (χ2v) is 9.04. The highest BCUT2D eigenvalue weighted by atomic mass is 35.5. The van der Waals surface area contributed by atoms with Gasteiger partial charge in [0.15, 0.2) is 0 Å². The number of ether oxygens (including phenoxy) is 1. The third-order valence-corrected chi connectivity index (χ3v) is 5.18. The summed E-state index contributed by atoms with van der Waals surface area (Å²) in [7, 11) is 0. The van der Waals surface area contributed by atoms with Gasteiger partial charge in [-0.2, -0.15) is 0 Å². The molecule has 1 aromatic rings. The molecule has 1 aromatic heterocycles. The first kappa shape index (κ1) is 24.2. The highest BCUT2D eigenvalue weighted by Gasteiger charge is 2.23. The molecule has 0 radical (unpaired) electrons. The zero-order valence-electron chi connectivity index (χ0n) is 17.9. The number of anilines is 1. The maximum absolute atomic E-state index is 12.3. The van der Waals surface area contributed by atoms with Gasteiger partial charge in [0.2, 0.25) is 0 Å². The number of halogens is 2. The highest BCUT2D eigenvalue weighted by Crippen LogP contribution is 2.29. The molecular formula is C21H32ClFN4O3. The van der Waals surface area contributed by atoms with Crippen molar-refractivity contribution in [3.05, 3.63) is 23.0 Å². The summed E-state index contributed by atoms with van der Waals surface area (Å²) in [6.45, 7) is 6.19. The van der Waals surface area contributed by atoms with Crippen LogP contribution in [0.15, 0.2) is 12.3 Å². The van der Waals surface area contributed by atoms with Crippen molar-refractivity contribution in [3.8, 4) is 0 Å². The molecule has 3 N–H and O–H groups in total. The van der Waals surface area contributed by atoms with Crippen LogP contribution in [0.5, 0.6) is 0 Å². The Labute approximate surface area is 182 Å². The number of rotatable bonds is 8. The number of hydrogen-bond acceptors (Lipinski definition) is 5. The number of alkyl carbamates (subject to hydrolysis) is 1. The number of hydrogen-bond donors (Lipinski definition) is 3. The first-order valence-electron chi connectivity index (χ1n) is 10.4. The third kappa shape index (κ3) is 8.34. The molecule has 0 spiro atoms. The zero-order valence-corrected chi connectivity index (χ0v) is 18.7. The highest BCUT2D eigenvalue weighted by molar-refractivity contribution is 6.29. The van der Waals surface area contributed by atoms with Gasteiger partial charge in [-0.3, -0.25) is 4.79 Å². The topological polar surface area (TPSA) is 92.3 Å². The summed E-state index contributed by atoms with van der Waals surface area (Å²) in [5, 5.41) is 8.95. The van der Waals surface area contributed by atoms with Crippen molar-refractivity contribution < 1.29 is 18.7 Å². The van der Waals surface area contributed by atoms with Crippen LogP contribution in [0, 0.1) is 11.8 Å². The third-order valence-electron chi connectivity index (χ3n) is 4.98. The van der Waals surface area contributed by atoms with Crippen LogP contribution in [-0.2, 0) is 4.74 Å². The second-order valence-electron chi connectivity index (χ2n) is 8.65. The molecule has 0 aromatic carbocycles. The molecule has 1 fully saturated rings. The van der Waals surface area contributed by atoms with Gasteiger partial charge in [0.25, 0.3) is 5.91 Å². The van der Waals surface area contributed by atoms with Gasteiger partial charge in [-0.25, -0.2) is 14.2 Å². The van der Waals surface area contributed by atoms with Gasteiger partial charge < -0.3 is 20.7 Å². The lowest BCUT2D eigenvalue weighted by Crippen LogP contribution is -2.36. The molecule has 30 heavy (non-hydrogen) atoms. The van der Waals surface area contributed by atoms with Gasteiger partial charge in [-0.15, -0.1) is 0 Å². The summed E-state index contributed by atoms with van der Waals surface area (Å²) in [4.78, 5) is 27.9. The summed E-state index contributed by atoms with van der Waals surface area (Å²) in [5.41, 5.74) is 0.452. The van der Waals surface area contributed by atoms with E-state index in [1.165, 1.54) is 6.20 Å². The molecule has 1 aliphatic carbocycles. The number of nitrogens with zero attached hydrogens (tertiary/aromatic N) is 1. The van der Waals surface area contributed by atoms with E-state index in [0.29, 0.717) is 36.2 Å². The van der Waals surface area contributed by atoms with Crippen LogP contribution >= 0.6 is 11.6 Å². The maximum Gasteiger partial charge on any atom is 0.407 e. The molecule has 1 saturated carbocycles. The summed E-state index contributed by atoms with van der Waals surface area (Å²) >= 11 is 5.98. The number of carbonyl (C=O) groups excluding carboxylic acids is 2. The Kier molecular flexibility index (Phi) is 9.14. The molecule has 1 heterocycles. The molecule has 7 nitrogen and oxygen atoms in total. The summed E-state index contributed by atoms with van der Waals surface area (Å²) in [6.07, 6.45) is 5.11. The largest absolute Gasteiger partial charge is 0.444 e. The predicted octanol–water partition coefficient (Wildman–Crippen LogP) is 4.18. The number of aromatic nitrogens is 1. The van der Waals surface area contributed by atoms with Crippen molar-refractivity contribution in [1.29, 1.82) is 0 Å². The van der Waals surface area contributed by atoms with E-state index in [0.717, 1.165) is 25.7 Å². The van der Waals surface area contributed by atoms with Crippen molar-refractivity contribution in [2.24, 2.45) is 11.8 Å². The van der Waals surface area contributed by atoms with Crippen LogP contribution in [0.3, 0.4) is 0 Å². The minimum atomic E-state index is -0.623. The van der Waals surface area contributed by atoms with E-state index in [4.69, 9.17) is 16.3 Å². The fourth-order valence-electron chi connectivity index (χ4n) is 3.45. The summed E-state index contributed by atoms with van der Waals surface area (Å²) < 4.78 is 17.6. The quantitative estimate of drug-likeness (QED) is 0.525. The van der Waals surface area contributed by atoms with Crippen molar-refractivity contribution in [2.75, 3.05) is 31.6 Å². The van der Waals surface area contributed by atoms with Crippen molar-refractivity contribution >= 4 is 29.3 Å². The van der Waals surface area contributed by atoms with E-state index in [1.54, 1.807) is 6.07 Å². The van der Waals surface area contributed by atoms with E-state index in [9.17, 15) is 14.0 Å². The Morgan fingerprint density at radius 1 is 1.17 bits per heavy atom. The van der Waals surface area contributed by atoms with E-state index in [1.807, 2.05) is 20.8 Å². The standard InChI is InChI=1S/C21H32ClFN4O3/c1-21(2,3)30-20(29)27-12-15-6-4-14(5-7-15)11-25-17-10-18(22)26-13-16(17)19(28)24-9-8-23/h10,13-15H,4-9,11-12H2,1-3H3,(H,24,28)(H,25,26)(H,27,29). The van der Waals surface area contributed by atoms with Crippen molar-refractivity contribution in [1.82, 2.24) is 15.6 Å². The lowest BCUT2D eigenvalue weighted by Gasteiger charge is -2.29. The molecule has 9 heteroatoms. The minimum Gasteiger partial charge on any atom is -0.444 e. The number of pyridine rings is 1. The predicted molar refractivity (Wildman–Crippen MR) is 116 cm³/mol. The first-order chi connectivity index (χ1) is 14.2. The van der Waals surface area contributed by atoms with Gasteiger partial charge >= 0.3 is 6.09 Å². The van der Waals surface area contributed by atoms with Gasteiger partial charge in [-0.05, 0) is 64.4 Å². The Morgan fingerprint density at radius 2 is 1.80 bits per heavy atom. The molecule has 0 aliphatic heterocycles. The smallest absolute Gasteiger partial charge is 0.407 e. The first-order valence-corrected chi connectivity index (χ1v) is 10.8. The maximum atomic E-state index is 12.3. The van der Waals surface area contributed by atoms with E-state index in [2.05, 4.69) is 20.9 Å². The Balaban J connectivity index is 1.79. The van der Waals surface area contributed by atoms with E-state index in [-0.39, 0.29) is 23.7 Å². The van der Waals surface area contributed by atoms with Crippen molar-refractivity contribution in [3.63, 3.8) is 0 Å². The molecule has 168 valence electrons. The average Bonchev–Trinajstić information content (AvgIpc) is 2.68. The molecule has 2 rings (SSSR count). The summed E-state index contributed by atoms with van der Waals surface area (Å²) in [5.74, 6) is 0.513. The second kappa shape index (κ2) is 11.3. The zero-order chi connectivity index (χ0) is 22.1. The monoisotopic (exact) mass is 442 g/mol. The average molecular weight is 443 g/mol. The lowest BCUT2D eigenvalue weighted by atomic mass is 9.82. The fourth-order valence-corrected chi connectivity index (χ4v) is 3.61. The Bertz CT molecular complexity index is 719. The number of carbonyl (C=O) groups is 2. The van der Waals surface area contributed by atoms with Crippen LogP contribution < -0.4 is 16.0 Å². The van der Waals surface area contributed by atoms with Gasteiger partial charge in [0.1, 0.15) is 17.4 Å². The van der Waals surface area contributed by atoms with Crippen LogP contribution in [-0.4, -0.2) is 48.9 Å². The van der Waals surface area contributed by atoms with Crippen LogP contribution in [0.25, 0.3) is 0 Å². The van der Waals surface area contributed by atoms with Crippen LogP contribution in [0.4, 0.5) is 14.9 Å². The summed E-state index contributed by atoms with van der Waals surface area (Å²) in [6, 6.07) is 1.61. The number of amides is 2. The van der Waals surface area contributed by atoms with Gasteiger partial charge in [0, 0.05) is 25.8 Å². The van der Waals surface area contributed by atoms with Gasteiger partial charge in [-0.1, -0.05) is 11.6 Å². The Hall–Kier alpha value is -2.09. The Morgan fingerprint density at radius 3 is 2.40 bits per heavy atom. The van der Waals surface area contributed by atoms with Crippen LogP contribution in [0.2, 0.25) is 5.15 Å². The van der Waals surface area contributed by atoms with Crippen LogP contribution in [0.1, 0.15) is 56.8 Å². The van der Waals surface area contributed by atoms with E-state index >= 15 is 0 Å². The van der Waals surface area contributed by atoms with E-state index < -0.39 is 12.3 Å². The molecule has 0 unspecified atom stereocenters. The van der Waals surface area contributed by atoms with Gasteiger partial charge in [0.05, 0.1) is 11.3 Å². The fraction of sp³-hybridized carbons (Fsp3) is 0.667. The number of nitrogens with one attached hydrogen (secondary N) is 3. The molecular weight excluding hydrogens is 411 g/mol. The number of alkyl halides is 1. The van der Waals surface area contributed by atoms with Crippen molar-refractivity contribution in [2.45, 2.75) is 52.1 Å².